The second kappa shape index (κ2) is 10.9. The Hall–Kier alpha value is -2.43. The van der Waals surface area contributed by atoms with Crippen LogP contribution in [0.3, 0.4) is 0 Å². The van der Waals surface area contributed by atoms with Crippen molar-refractivity contribution in [1.29, 1.82) is 5.26 Å². The Bertz CT molecular complexity index is 718. The number of nitrogens with zero attached hydrogens (tertiary/aromatic N) is 3. The average Bonchev–Trinajstić information content (AvgIpc) is 2.71. The monoisotopic (exact) mass is 399 g/mol. The predicted octanol–water partition coefficient (Wildman–Crippen LogP) is 1.78. The first-order valence-electron chi connectivity index (χ1n) is 10.3. The third kappa shape index (κ3) is 6.84. The van der Waals surface area contributed by atoms with E-state index >= 15 is 0 Å². The summed E-state index contributed by atoms with van der Waals surface area (Å²) in [6, 6.07) is 9.15. The molecule has 158 valence electrons. The molecule has 1 aromatic carbocycles. The molecular weight excluding hydrogens is 366 g/mol. The van der Waals surface area contributed by atoms with Gasteiger partial charge in [-0.3, -0.25) is 14.5 Å². The van der Waals surface area contributed by atoms with Crippen molar-refractivity contribution >= 4 is 11.8 Å². The normalized spacial score (nSPS) is 17.4. The molecule has 1 unspecified atom stereocenters. The molecule has 7 nitrogen and oxygen atoms in total. The summed E-state index contributed by atoms with van der Waals surface area (Å²) in [6.45, 7) is 10.3. The van der Waals surface area contributed by atoms with Gasteiger partial charge in [0.15, 0.2) is 0 Å². The Kier molecular flexibility index (Phi) is 8.62. The largest absolute Gasteiger partial charge is 0.341 e. The van der Waals surface area contributed by atoms with Crippen LogP contribution in [0.2, 0.25) is 0 Å². The molecule has 0 saturated carbocycles. The Morgan fingerprint density at radius 2 is 1.72 bits per heavy atom. The Balaban J connectivity index is 2.00. The quantitative estimate of drug-likeness (QED) is 0.651. The van der Waals surface area contributed by atoms with Crippen LogP contribution in [0.5, 0.6) is 0 Å². The molecule has 1 aromatic rings. The van der Waals surface area contributed by atoms with Gasteiger partial charge in [-0.15, -0.1) is 0 Å². The fraction of sp³-hybridized carbons (Fsp3) is 0.591. The highest BCUT2D eigenvalue weighted by molar-refractivity contribution is 5.97. The van der Waals surface area contributed by atoms with Gasteiger partial charge in [-0.2, -0.15) is 5.26 Å². The molecule has 1 aliphatic rings. The number of rotatable bonds is 8. The van der Waals surface area contributed by atoms with Gasteiger partial charge in [0, 0.05) is 37.8 Å². The first-order chi connectivity index (χ1) is 13.8. The molecule has 29 heavy (non-hydrogen) atoms. The minimum atomic E-state index is -0.653. The summed E-state index contributed by atoms with van der Waals surface area (Å²) in [7, 11) is 2.14. The second-order valence-electron chi connectivity index (χ2n) is 8.17. The molecule has 2 N–H and O–H groups in total. The van der Waals surface area contributed by atoms with Crippen LogP contribution in [-0.2, 0) is 4.79 Å². The van der Waals surface area contributed by atoms with Crippen LogP contribution in [0.1, 0.15) is 49.2 Å². The van der Waals surface area contributed by atoms with Crippen LogP contribution < -0.4 is 10.6 Å². The lowest BCUT2D eigenvalue weighted by molar-refractivity contribution is -0.123. The van der Waals surface area contributed by atoms with E-state index in [0.29, 0.717) is 18.0 Å². The van der Waals surface area contributed by atoms with Crippen molar-refractivity contribution in [3.63, 3.8) is 0 Å². The van der Waals surface area contributed by atoms with Crippen LogP contribution in [0.25, 0.3) is 0 Å². The number of carbonyl (C=O) groups is 2. The fourth-order valence-electron chi connectivity index (χ4n) is 3.53. The lowest BCUT2D eigenvalue weighted by Gasteiger charge is -2.36. The van der Waals surface area contributed by atoms with Gasteiger partial charge in [0.05, 0.1) is 6.07 Å². The Labute approximate surface area is 174 Å². The van der Waals surface area contributed by atoms with Crippen molar-refractivity contribution in [3.8, 4) is 6.07 Å². The molecule has 1 aliphatic heterocycles. The number of likely N-dealkylation sites (N-methyl/N-ethyl adjacent to an activating group) is 1. The van der Waals surface area contributed by atoms with E-state index in [4.69, 9.17) is 5.26 Å². The van der Waals surface area contributed by atoms with Crippen LogP contribution in [0.4, 0.5) is 0 Å². The third-order valence-corrected chi connectivity index (χ3v) is 5.41. The maximum absolute atomic E-state index is 12.7. The van der Waals surface area contributed by atoms with E-state index in [0.717, 1.165) is 26.2 Å². The highest BCUT2D eigenvalue weighted by Crippen LogP contribution is 2.22. The number of hydrogen-bond donors (Lipinski definition) is 2. The van der Waals surface area contributed by atoms with Gasteiger partial charge >= 0.3 is 0 Å². The SMILES string of the molecule is CC(C)C[C@H](NC(=O)c1ccc(C(C)N2CCN(C)CC2)cc1)C(=O)NCC#N. The molecule has 0 radical (unpaired) electrons. The van der Waals surface area contributed by atoms with Gasteiger partial charge < -0.3 is 15.5 Å². The molecule has 2 atom stereocenters. The van der Waals surface area contributed by atoms with Crippen molar-refractivity contribution in [3.05, 3.63) is 35.4 Å². The summed E-state index contributed by atoms with van der Waals surface area (Å²) in [6.07, 6.45) is 0.515. The zero-order chi connectivity index (χ0) is 21.4. The number of nitrogens with one attached hydrogen (secondary N) is 2. The maximum Gasteiger partial charge on any atom is 0.251 e. The van der Waals surface area contributed by atoms with Gasteiger partial charge in [0.1, 0.15) is 12.6 Å². The molecule has 7 heteroatoms. The van der Waals surface area contributed by atoms with Crippen molar-refractivity contribution in [2.75, 3.05) is 39.8 Å². The molecule has 1 fully saturated rings. The highest BCUT2D eigenvalue weighted by Gasteiger charge is 2.23. The fourth-order valence-corrected chi connectivity index (χ4v) is 3.53. The molecule has 0 aliphatic carbocycles. The molecule has 0 bridgehead atoms. The molecule has 1 saturated heterocycles. The van der Waals surface area contributed by atoms with Crippen molar-refractivity contribution in [1.82, 2.24) is 20.4 Å². The van der Waals surface area contributed by atoms with Gasteiger partial charge in [0.2, 0.25) is 5.91 Å². The topological polar surface area (TPSA) is 88.5 Å². The first kappa shape index (κ1) is 22.9. The molecule has 0 aromatic heterocycles. The summed E-state index contributed by atoms with van der Waals surface area (Å²) in [4.78, 5) is 29.7. The average molecular weight is 400 g/mol. The van der Waals surface area contributed by atoms with Crippen LogP contribution in [0.15, 0.2) is 24.3 Å². The van der Waals surface area contributed by atoms with E-state index in [-0.39, 0.29) is 24.3 Å². The van der Waals surface area contributed by atoms with Crippen LogP contribution in [-0.4, -0.2) is 67.4 Å². The Morgan fingerprint density at radius 1 is 1.10 bits per heavy atom. The van der Waals surface area contributed by atoms with E-state index in [1.807, 2.05) is 44.2 Å². The van der Waals surface area contributed by atoms with Crippen molar-refractivity contribution < 1.29 is 9.59 Å². The Morgan fingerprint density at radius 3 is 2.28 bits per heavy atom. The van der Waals surface area contributed by atoms with Gasteiger partial charge in [-0.1, -0.05) is 26.0 Å². The molecule has 2 rings (SSSR count). The standard InChI is InChI=1S/C22H33N5O2/c1-16(2)15-20(22(29)24-10-9-23)25-21(28)19-7-5-18(6-8-19)17(3)27-13-11-26(4)12-14-27/h5-8,16-17,20H,10-15H2,1-4H3,(H,24,29)(H,25,28)/t17?,20-/m0/s1. The third-order valence-electron chi connectivity index (χ3n) is 5.41. The summed E-state index contributed by atoms with van der Waals surface area (Å²) in [5, 5.41) is 14.0. The molecule has 2 amide bonds. The van der Waals surface area contributed by atoms with Gasteiger partial charge in [0.25, 0.3) is 5.91 Å². The van der Waals surface area contributed by atoms with E-state index in [2.05, 4.69) is 34.4 Å². The maximum atomic E-state index is 12.7. The van der Waals surface area contributed by atoms with E-state index in [1.54, 1.807) is 0 Å². The molecule has 0 spiro atoms. The predicted molar refractivity (Wildman–Crippen MR) is 113 cm³/mol. The van der Waals surface area contributed by atoms with E-state index in [1.165, 1.54) is 5.56 Å². The number of benzene rings is 1. The van der Waals surface area contributed by atoms with Crippen molar-refractivity contribution in [2.45, 2.75) is 39.3 Å². The smallest absolute Gasteiger partial charge is 0.251 e. The number of nitriles is 1. The zero-order valence-electron chi connectivity index (χ0n) is 17.9. The minimum absolute atomic E-state index is 0.0673. The van der Waals surface area contributed by atoms with Gasteiger partial charge in [-0.25, -0.2) is 0 Å². The number of carbonyl (C=O) groups excluding carboxylic acids is 2. The number of hydrogen-bond acceptors (Lipinski definition) is 5. The van der Waals surface area contributed by atoms with E-state index in [9.17, 15) is 9.59 Å². The van der Waals surface area contributed by atoms with E-state index < -0.39 is 6.04 Å². The summed E-state index contributed by atoms with van der Waals surface area (Å²) < 4.78 is 0. The molecular formula is C22H33N5O2. The van der Waals surface area contributed by atoms with Crippen molar-refractivity contribution in [2.24, 2.45) is 5.92 Å². The molecule has 1 heterocycles. The summed E-state index contributed by atoms with van der Waals surface area (Å²) >= 11 is 0. The van der Waals surface area contributed by atoms with Gasteiger partial charge in [-0.05, 0) is 44.0 Å². The number of piperazine rings is 1. The zero-order valence-corrected chi connectivity index (χ0v) is 17.9. The highest BCUT2D eigenvalue weighted by atomic mass is 16.2. The second-order valence-corrected chi connectivity index (χ2v) is 8.17. The minimum Gasteiger partial charge on any atom is -0.341 e. The number of amides is 2. The van der Waals surface area contributed by atoms with Crippen LogP contribution in [0, 0.1) is 17.2 Å². The summed E-state index contributed by atoms with van der Waals surface area (Å²) in [5.74, 6) is -0.365. The van der Waals surface area contributed by atoms with Crippen LogP contribution >= 0.6 is 0 Å². The lowest BCUT2D eigenvalue weighted by atomic mass is 10.0. The lowest BCUT2D eigenvalue weighted by Crippen LogP contribution is -2.47. The summed E-state index contributed by atoms with van der Waals surface area (Å²) in [5.41, 5.74) is 1.71. The first-order valence-corrected chi connectivity index (χ1v) is 10.3.